The summed E-state index contributed by atoms with van der Waals surface area (Å²) in [5.41, 5.74) is 8.89. The van der Waals surface area contributed by atoms with Crippen molar-refractivity contribution in [2.45, 2.75) is 13.0 Å². The molecule has 0 unspecified atom stereocenters. The number of nitrogens with two attached hydrogens (primary N) is 1. The molecule has 0 fully saturated rings. The van der Waals surface area contributed by atoms with Gasteiger partial charge in [-0.25, -0.2) is 9.78 Å². The van der Waals surface area contributed by atoms with Gasteiger partial charge in [-0.3, -0.25) is 10.1 Å². The molecule has 0 spiro atoms. The third-order valence-corrected chi connectivity index (χ3v) is 5.69. The number of nitrogens with zero attached hydrogens (tertiary/aromatic N) is 2. The molecule has 5 N–H and O–H groups in total. The van der Waals surface area contributed by atoms with E-state index in [9.17, 15) is 9.59 Å². The number of nitrogens with one attached hydrogen (secondary N) is 3. The summed E-state index contributed by atoms with van der Waals surface area (Å²) in [7, 11) is 2.07. The molecule has 0 saturated carbocycles. The summed E-state index contributed by atoms with van der Waals surface area (Å²) in [5.74, 6) is -0.267. The average molecular weight is 423 g/mol. The molecule has 1 aromatic heterocycles. The Kier molecular flexibility index (Phi) is 5.64. The number of fused-ring (bicyclic) bond motifs is 1. The van der Waals surface area contributed by atoms with Crippen LogP contribution < -0.4 is 21.7 Å². The van der Waals surface area contributed by atoms with E-state index in [1.54, 1.807) is 48.5 Å². The first-order chi connectivity index (χ1) is 14.5. The van der Waals surface area contributed by atoms with Crippen molar-refractivity contribution in [3.05, 3.63) is 64.7 Å². The van der Waals surface area contributed by atoms with Crippen molar-refractivity contribution in [3.8, 4) is 0 Å². The van der Waals surface area contributed by atoms with Gasteiger partial charge in [0.15, 0.2) is 5.13 Å². The number of anilines is 4. The van der Waals surface area contributed by atoms with Crippen molar-refractivity contribution in [2.75, 3.05) is 35.3 Å². The van der Waals surface area contributed by atoms with Gasteiger partial charge < -0.3 is 21.3 Å². The zero-order chi connectivity index (χ0) is 21.1. The van der Waals surface area contributed by atoms with Crippen LogP contribution in [0.5, 0.6) is 0 Å². The molecular formula is C21H22N6O2S. The van der Waals surface area contributed by atoms with Crippen LogP contribution >= 0.6 is 11.3 Å². The molecule has 2 aromatic carbocycles. The number of urea groups is 1. The predicted octanol–water partition coefficient (Wildman–Crippen LogP) is 3.61. The lowest BCUT2D eigenvalue weighted by atomic mass is 10.2. The minimum Gasteiger partial charge on any atom is -0.399 e. The Morgan fingerprint density at radius 3 is 2.63 bits per heavy atom. The zero-order valence-electron chi connectivity index (χ0n) is 16.4. The van der Waals surface area contributed by atoms with E-state index in [1.165, 1.54) is 16.2 Å². The van der Waals surface area contributed by atoms with E-state index in [0.29, 0.717) is 27.8 Å². The average Bonchev–Trinajstić information content (AvgIpc) is 3.11. The molecule has 8 nitrogen and oxygen atoms in total. The van der Waals surface area contributed by atoms with Gasteiger partial charge in [0.2, 0.25) is 0 Å². The molecule has 3 aromatic rings. The number of aromatic nitrogens is 1. The third-order valence-electron chi connectivity index (χ3n) is 4.69. The number of benzene rings is 2. The Morgan fingerprint density at radius 2 is 1.83 bits per heavy atom. The fourth-order valence-corrected chi connectivity index (χ4v) is 4.23. The molecule has 0 aliphatic carbocycles. The second kappa shape index (κ2) is 8.52. The Bertz CT molecular complexity index is 1080. The summed E-state index contributed by atoms with van der Waals surface area (Å²) >= 11 is 1.51. The van der Waals surface area contributed by atoms with Gasteiger partial charge in [-0.15, -0.1) is 11.3 Å². The van der Waals surface area contributed by atoms with Crippen LogP contribution in [0.4, 0.5) is 27.0 Å². The maximum absolute atomic E-state index is 12.7. The van der Waals surface area contributed by atoms with Crippen LogP contribution in [0.15, 0.2) is 48.5 Å². The first-order valence-corrected chi connectivity index (χ1v) is 10.3. The van der Waals surface area contributed by atoms with E-state index in [4.69, 9.17) is 5.73 Å². The normalized spacial score (nSPS) is 13.4. The van der Waals surface area contributed by atoms with Crippen molar-refractivity contribution in [2.24, 2.45) is 0 Å². The van der Waals surface area contributed by atoms with Crippen molar-refractivity contribution in [1.82, 2.24) is 9.88 Å². The standard InChI is InChI=1S/C21H22N6O2S/c1-27-10-9-17-18(12-27)30-21(25-17)26-19(28)13-3-2-4-16(11-13)24-20(29)23-15-7-5-14(22)6-8-15/h2-8,11H,9-10,12,22H2,1H3,(H2,23,24,29)(H,25,26,28). The van der Waals surface area contributed by atoms with E-state index in [2.05, 4.69) is 32.9 Å². The number of amides is 3. The van der Waals surface area contributed by atoms with E-state index in [1.807, 2.05) is 0 Å². The maximum Gasteiger partial charge on any atom is 0.323 e. The molecule has 0 radical (unpaired) electrons. The van der Waals surface area contributed by atoms with Crippen LogP contribution in [0.2, 0.25) is 0 Å². The third kappa shape index (κ3) is 4.76. The molecule has 30 heavy (non-hydrogen) atoms. The number of carbonyl (C=O) groups excluding carboxylic acids is 2. The van der Waals surface area contributed by atoms with Gasteiger partial charge in [0, 0.05) is 47.0 Å². The molecule has 2 heterocycles. The predicted molar refractivity (Wildman–Crippen MR) is 120 cm³/mol. The number of rotatable bonds is 4. The van der Waals surface area contributed by atoms with Crippen molar-refractivity contribution in [3.63, 3.8) is 0 Å². The summed E-state index contributed by atoms with van der Waals surface area (Å²) in [4.78, 5) is 32.8. The number of nitrogen functional groups attached to an aromatic ring is 1. The van der Waals surface area contributed by atoms with E-state index < -0.39 is 6.03 Å². The molecule has 1 aliphatic rings. The Balaban J connectivity index is 1.39. The molecule has 154 valence electrons. The van der Waals surface area contributed by atoms with E-state index >= 15 is 0 Å². The summed E-state index contributed by atoms with van der Waals surface area (Å²) < 4.78 is 0. The molecule has 0 atom stereocenters. The first-order valence-electron chi connectivity index (χ1n) is 9.48. The minimum absolute atomic E-state index is 0.267. The monoisotopic (exact) mass is 422 g/mol. The SMILES string of the molecule is CN1CCc2nc(NC(=O)c3cccc(NC(=O)Nc4ccc(N)cc4)c3)sc2C1. The van der Waals surface area contributed by atoms with Gasteiger partial charge in [0.25, 0.3) is 5.91 Å². The van der Waals surface area contributed by atoms with Crippen molar-refractivity contribution >= 4 is 45.5 Å². The summed E-state index contributed by atoms with van der Waals surface area (Å²) in [5, 5.41) is 8.91. The highest BCUT2D eigenvalue weighted by atomic mass is 32.1. The highest BCUT2D eigenvalue weighted by Gasteiger charge is 2.19. The zero-order valence-corrected chi connectivity index (χ0v) is 17.3. The molecule has 4 rings (SSSR count). The lowest BCUT2D eigenvalue weighted by Gasteiger charge is -2.20. The molecular weight excluding hydrogens is 400 g/mol. The number of hydrogen-bond acceptors (Lipinski definition) is 6. The van der Waals surface area contributed by atoms with E-state index in [0.717, 1.165) is 25.2 Å². The quantitative estimate of drug-likeness (QED) is 0.480. The van der Waals surface area contributed by atoms with Crippen molar-refractivity contribution < 1.29 is 9.59 Å². The van der Waals surface area contributed by atoms with Crippen molar-refractivity contribution in [1.29, 1.82) is 0 Å². The Hall–Kier alpha value is -3.43. The number of carbonyl (C=O) groups is 2. The van der Waals surface area contributed by atoms with Crippen LogP contribution in [0.1, 0.15) is 20.9 Å². The van der Waals surface area contributed by atoms with E-state index in [-0.39, 0.29) is 5.91 Å². The summed E-state index contributed by atoms with van der Waals surface area (Å²) in [6.07, 6.45) is 0.890. The van der Waals surface area contributed by atoms with Gasteiger partial charge >= 0.3 is 6.03 Å². The number of likely N-dealkylation sites (N-methyl/N-ethyl adjacent to an activating group) is 1. The van der Waals surface area contributed by atoms with Crippen LogP contribution in [-0.4, -0.2) is 35.4 Å². The highest BCUT2D eigenvalue weighted by Crippen LogP contribution is 2.28. The fraction of sp³-hybridized carbons (Fsp3) is 0.190. The minimum atomic E-state index is -0.408. The van der Waals surface area contributed by atoms with Crippen LogP contribution in [-0.2, 0) is 13.0 Å². The first kappa shape index (κ1) is 19.9. The summed E-state index contributed by atoms with van der Waals surface area (Å²) in [6.45, 7) is 1.82. The molecule has 3 amide bonds. The van der Waals surface area contributed by atoms with Gasteiger partial charge in [0.05, 0.1) is 5.69 Å². The van der Waals surface area contributed by atoms with Crippen LogP contribution in [0, 0.1) is 0 Å². The van der Waals surface area contributed by atoms with Crippen LogP contribution in [0.3, 0.4) is 0 Å². The maximum atomic E-state index is 12.7. The highest BCUT2D eigenvalue weighted by molar-refractivity contribution is 7.15. The lowest BCUT2D eigenvalue weighted by Crippen LogP contribution is -2.25. The number of thiazole rings is 1. The lowest BCUT2D eigenvalue weighted by molar-refractivity contribution is 0.102. The smallest absolute Gasteiger partial charge is 0.323 e. The molecule has 1 aliphatic heterocycles. The molecule has 0 bridgehead atoms. The van der Waals surface area contributed by atoms with Crippen LogP contribution in [0.25, 0.3) is 0 Å². The largest absolute Gasteiger partial charge is 0.399 e. The second-order valence-electron chi connectivity index (χ2n) is 7.11. The molecule has 9 heteroatoms. The Labute approximate surface area is 178 Å². The Morgan fingerprint density at radius 1 is 1.07 bits per heavy atom. The summed E-state index contributed by atoms with van der Waals surface area (Å²) in [6, 6.07) is 13.2. The van der Waals surface area contributed by atoms with Gasteiger partial charge in [0.1, 0.15) is 0 Å². The van der Waals surface area contributed by atoms with Gasteiger partial charge in [-0.1, -0.05) is 6.07 Å². The fourth-order valence-electron chi connectivity index (χ4n) is 3.14. The second-order valence-corrected chi connectivity index (χ2v) is 8.20. The number of hydrogen-bond donors (Lipinski definition) is 4. The molecule has 0 saturated heterocycles. The van der Waals surface area contributed by atoms with Gasteiger partial charge in [-0.05, 0) is 49.5 Å². The van der Waals surface area contributed by atoms with Gasteiger partial charge in [-0.2, -0.15) is 0 Å². The topological polar surface area (TPSA) is 112 Å².